The normalized spacial score (nSPS) is 13.3. The Morgan fingerprint density at radius 1 is 1.45 bits per heavy atom. The Kier molecular flexibility index (Phi) is 5.24. The van der Waals surface area contributed by atoms with E-state index in [-0.39, 0.29) is 6.54 Å². The molecule has 0 heterocycles. The van der Waals surface area contributed by atoms with Gasteiger partial charge in [-0.25, -0.2) is 12.8 Å². The van der Waals surface area contributed by atoms with Crippen molar-refractivity contribution in [3.8, 4) is 0 Å². The molecule has 0 N–H and O–H groups in total. The summed E-state index contributed by atoms with van der Waals surface area (Å²) in [6, 6.07) is 3.87. The van der Waals surface area contributed by atoms with Crippen LogP contribution in [0.4, 0.5) is 4.39 Å². The van der Waals surface area contributed by atoms with E-state index < -0.39 is 32.6 Å². The van der Waals surface area contributed by atoms with Crippen molar-refractivity contribution in [3.05, 3.63) is 29.6 Å². The number of halogens is 1. The van der Waals surface area contributed by atoms with Crippen molar-refractivity contribution < 1.29 is 22.3 Å². The van der Waals surface area contributed by atoms with E-state index in [1.165, 1.54) is 26.3 Å². The number of esters is 1. The second-order valence-corrected chi connectivity index (χ2v) is 6.66. The Hall–Kier alpha value is -1.47. The molecule has 1 rings (SSSR count). The van der Waals surface area contributed by atoms with E-state index in [1.54, 1.807) is 13.8 Å². The predicted octanol–water partition coefficient (Wildman–Crippen LogP) is 1.56. The van der Waals surface area contributed by atoms with Crippen LogP contribution in [0.1, 0.15) is 12.5 Å². The molecule has 1 aromatic carbocycles. The predicted molar refractivity (Wildman–Crippen MR) is 72.1 cm³/mol. The van der Waals surface area contributed by atoms with Gasteiger partial charge in [-0.05, 0) is 24.6 Å². The van der Waals surface area contributed by atoms with Crippen LogP contribution in [0.15, 0.2) is 23.1 Å². The summed E-state index contributed by atoms with van der Waals surface area (Å²) in [5.41, 5.74) is 0.638. The fourth-order valence-electron chi connectivity index (χ4n) is 1.74. The van der Waals surface area contributed by atoms with Gasteiger partial charge < -0.3 is 4.74 Å². The number of hydrogen-bond acceptors (Lipinski definition) is 4. The number of rotatable bonds is 5. The zero-order chi connectivity index (χ0) is 15.5. The van der Waals surface area contributed by atoms with Crippen molar-refractivity contribution in [1.29, 1.82) is 0 Å². The monoisotopic (exact) mass is 303 g/mol. The lowest BCUT2D eigenvalue weighted by molar-refractivity contribution is -0.144. The highest BCUT2D eigenvalue weighted by atomic mass is 32.2. The molecule has 0 aliphatic rings. The highest BCUT2D eigenvalue weighted by molar-refractivity contribution is 7.89. The summed E-state index contributed by atoms with van der Waals surface area (Å²) in [5, 5.41) is 0. The number of ether oxygens (including phenoxy) is 1. The van der Waals surface area contributed by atoms with Gasteiger partial charge in [0.2, 0.25) is 10.0 Å². The molecule has 0 amide bonds. The smallest absolute Gasteiger partial charge is 0.309 e. The molecule has 7 heteroatoms. The van der Waals surface area contributed by atoms with E-state index in [9.17, 15) is 17.6 Å². The fourth-order valence-corrected chi connectivity index (χ4v) is 3.14. The average molecular weight is 303 g/mol. The number of benzene rings is 1. The van der Waals surface area contributed by atoms with Crippen LogP contribution >= 0.6 is 0 Å². The van der Waals surface area contributed by atoms with Gasteiger partial charge >= 0.3 is 5.97 Å². The highest BCUT2D eigenvalue weighted by Crippen LogP contribution is 2.20. The van der Waals surface area contributed by atoms with Crippen LogP contribution in [0.5, 0.6) is 0 Å². The van der Waals surface area contributed by atoms with Gasteiger partial charge in [-0.15, -0.1) is 0 Å². The third-order valence-corrected chi connectivity index (χ3v) is 4.75. The van der Waals surface area contributed by atoms with E-state index >= 15 is 0 Å². The Labute approximate surface area is 118 Å². The van der Waals surface area contributed by atoms with Crippen molar-refractivity contribution in [2.24, 2.45) is 5.92 Å². The number of carbonyl (C=O) groups is 1. The van der Waals surface area contributed by atoms with Crippen molar-refractivity contribution in [2.45, 2.75) is 18.7 Å². The molecule has 1 atom stereocenters. The van der Waals surface area contributed by atoms with Gasteiger partial charge in [-0.1, -0.05) is 13.0 Å². The summed E-state index contributed by atoms with van der Waals surface area (Å²) in [4.78, 5) is 10.9. The summed E-state index contributed by atoms with van der Waals surface area (Å²) in [5.74, 6) is -1.96. The minimum absolute atomic E-state index is 0.0810. The molecular formula is C13H18FNO4S. The minimum atomic E-state index is -3.98. The summed E-state index contributed by atoms with van der Waals surface area (Å²) >= 11 is 0. The number of aryl methyl sites for hydroxylation is 1. The molecule has 1 aromatic rings. The van der Waals surface area contributed by atoms with Crippen LogP contribution in [0.3, 0.4) is 0 Å². The first kappa shape index (κ1) is 16.6. The SMILES string of the molecule is COC(=O)C(C)CN(C)S(=O)(=O)c1cc(C)ccc1F. The van der Waals surface area contributed by atoms with Gasteiger partial charge in [0.25, 0.3) is 0 Å². The van der Waals surface area contributed by atoms with E-state index in [2.05, 4.69) is 4.74 Å². The van der Waals surface area contributed by atoms with Crippen LogP contribution in [0.2, 0.25) is 0 Å². The summed E-state index contributed by atoms with van der Waals surface area (Å²) in [6.07, 6.45) is 0. The molecule has 0 fully saturated rings. The summed E-state index contributed by atoms with van der Waals surface area (Å²) < 4.78 is 43.8. The summed E-state index contributed by atoms with van der Waals surface area (Å²) in [6.45, 7) is 3.14. The molecule has 0 aliphatic carbocycles. The molecule has 0 bridgehead atoms. The number of nitrogens with zero attached hydrogens (tertiary/aromatic N) is 1. The zero-order valence-corrected chi connectivity index (χ0v) is 12.7. The maximum Gasteiger partial charge on any atom is 0.309 e. The molecule has 0 saturated heterocycles. The van der Waals surface area contributed by atoms with Crippen molar-refractivity contribution in [2.75, 3.05) is 20.7 Å². The molecule has 0 aliphatic heterocycles. The first-order valence-corrected chi connectivity index (χ1v) is 7.44. The fraction of sp³-hybridized carbons (Fsp3) is 0.462. The molecule has 0 spiro atoms. The lowest BCUT2D eigenvalue weighted by Gasteiger charge is -2.20. The first-order valence-electron chi connectivity index (χ1n) is 6.00. The van der Waals surface area contributed by atoms with E-state index in [0.29, 0.717) is 5.56 Å². The van der Waals surface area contributed by atoms with E-state index in [4.69, 9.17) is 0 Å². The Morgan fingerprint density at radius 3 is 2.60 bits per heavy atom. The maximum absolute atomic E-state index is 13.7. The number of methoxy groups -OCH3 is 1. The highest BCUT2D eigenvalue weighted by Gasteiger charge is 2.27. The minimum Gasteiger partial charge on any atom is -0.469 e. The Bertz CT molecular complexity index is 600. The van der Waals surface area contributed by atoms with Gasteiger partial charge in [0.1, 0.15) is 10.7 Å². The lowest BCUT2D eigenvalue weighted by Crippen LogP contribution is -2.34. The third kappa shape index (κ3) is 3.55. The molecule has 1 unspecified atom stereocenters. The number of hydrogen-bond donors (Lipinski definition) is 0. The van der Waals surface area contributed by atoms with Gasteiger partial charge in [-0.3, -0.25) is 4.79 Å². The molecule has 5 nitrogen and oxygen atoms in total. The second kappa shape index (κ2) is 6.32. The maximum atomic E-state index is 13.7. The van der Waals surface area contributed by atoms with Gasteiger partial charge in [0.05, 0.1) is 13.0 Å². The molecule has 0 aromatic heterocycles. The first-order chi connectivity index (χ1) is 9.20. The summed E-state index contributed by atoms with van der Waals surface area (Å²) in [7, 11) is -1.45. The topological polar surface area (TPSA) is 63.7 Å². The quantitative estimate of drug-likeness (QED) is 0.775. The van der Waals surface area contributed by atoms with Crippen LogP contribution in [0, 0.1) is 18.7 Å². The molecule has 20 heavy (non-hydrogen) atoms. The van der Waals surface area contributed by atoms with Crippen LogP contribution < -0.4 is 0 Å². The molecule has 0 saturated carbocycles. The number of sulfonamides is 1. The van der Waals surface area contributed by atoms with Crippen LogP contribution in [-0.2, 0) is 19.6 Å². The van der Waals surface area contributed by atoms with Gasteiger partial charge in [0.15, 0.2) is 0 Å². The largest absolute Gasteiger partial charge is 0.469 e. The van der Waals surface area contributed by atoms with Crippen molar-refractivity contribution in [1.82, 2.24) is 4.31 Å². The molecular weight excluding hydrogens is 285 g/mol. The Balaban J connectivity index is 3.04. The Morgan fingerprint density at radius 2 is 2.05 bits per heavy atom. The van der Waals surface area contributed by atoms with Crippen LogP contribution in [0.25, 0.3) is 0 Å². The average Bonchev–Trinajstić information content (AvgIpc) is 2.40. The van der Waals surface area contributed by atoms with E-state index in [1.807, 2.05) is 0 Å². The van der Waals surface area contributed by atoms with Gasteiger partial charge in [-0.2, -0.15) is 4.31 Å². The zero-order valence-electron chi connectivity index (χ0n) is 11.9. The lowest BCUT2D eigenvalue weighted by atomic mass is 10.2. The van der Waals surface area contributed by atoms with Crippen LogP contribution in [-0.4, -0.2) is 39.4 Å². The van der Waals surface area contributed by atoms with E-state index in [0.717, 1.165) is 10.4 Å². The van der Waals surface area contributed by atoms with Gasteiger partial charge in [0, 0.05) is 13.6 Å². The standard InChI is InChI=1S/C13H18FNO4S/c1-9-5-6-11(14)12(7-9)20(17,18)15(3)8-10(2)13(16)19-4/h5-7,10H,8H2,1-4H3. The number of carbonyl (C=O) groups excluding carboxylic acids is 1. The van der Waals surface area contributed by atoms with Crippen molar-refractivity contribution >= 4 is 16.0 Å². The molecule has 0 radical (unpaired) electrons. The third-order valence-electron chi connectivity index (χ3n) is 2.91. The second-order valence-electron chi connectivity index (χ2n) is 4.64. The van der Waals surface area contributed by atoms with Crippen molar-refractivity contribution in [3.63, 3.8) is 0 Å². The molecule has 112 valence electrons.